The van der Waals surface area contributed by atoms with E-state index in [0.29, 0.717) is 64.0 Å². The minimum atomic E-state index is -0.443. The first-order valence-electron chi connectivity index (χ1n) is 15.7. The third kappa shape index (κ3) is 8.10. The Labute approximate surface area is 268 Å². The number of anilines is 2. The highest BCUT2D eigenvalue weighted by molar-refractivity contribution is 5.89. The molecule has 14 heteroatoms. The first kappa shape index (κ1) is 33.1. The summed E-state index contributed by atoms with van der Waals surface area (Å²) in [6.07, 6.45) is 4.86. The summed E-state index contributed by atoms with van der Waals surface area (Å²) in [6, 6.07) is 7.20. The average molecular weight is 639 g/mol. The van der Waals surface area contributed by atoms with Crippen molar-refractivity contribution in [3.8, 4) is 0 Å². The number of carbonyl (C=O) groups is 4. The van der Waals surface area contributed by atoms with E-state index in [1.54, 1.807) is 24.5 Å². The number of rotatable bonds is 6. The van der Waals surface area contributed by atoms with Gasteiger partial charge in [-0.2, -0.15) is 0 Å². The lowest BCUT2D eigenvalue weighted by Crippen LogP contribution is -2.50. The van der Waals surface area contributed by atoms with Crippen LogP contribution in [0.2, 0.25) is 0 Å². The number of amides is 2. The fourth-order valence-corrected chi connectivity index (χ4v) is 6.01. The van der Waals surface area contributed by atoms with Crippen LogP contribution in [0.4, 0.5) is 11.4 Å². The molecule has 46 heavy (non-hydrogen) atoms. The van der Waals surface area contributed by atoms with Crippen molar-refractivity contribution in [3.63, 3.8) is 0 Å². The standard InChI is InChI=1S/2C16H21N3O4/c2*1-22-16(21)14-10-13(2-4-17-14)18-5-7-19(8-6-18)15(20)12-3-9-23-11-12/h2*2,4,10,12H,3,5-9,11H2,1H3. The number of pyridine rings is 2. The summed E-state index contributed by atoms with van der Waals surface area (Å²) in [7, 11) is 2.68. The number of methoxy groups -OCH3 is 2. The summed E-state index contributed by atoms with van der Waals surface area (Å²) in [6.45, 7) is 8.17. The lowest BCUT2D eigenvalue weighted by molar-refractivity contribution is -0.136. The number of carbonyl (C=O) groups excluding carboxylic acids is 4. The second-order valence-electron chi connectivity index (χ2n) is 11.5. The molecule has 6 rings (SSSR count). The molecule has 0 spiro atoms. The molecule has 248 valence electrons. The zero-order chi connectivity index (χ0) is 32.5. The fourth-order valence-electron chi connectivity index (χ4n) is 6.01. The van der Waals surface area contributed by atoms with E-state index < -0.39 is 11.9 Å². The molecule has 0 aromatic carbocycles. The first-order chi connectivity index (χ1) is 22.4. The van der Waals surface area contributed by atoms with Crippen LogP contribution in [0.1, 0.15) is 33.8 Å². The monoisotopic (exact) mass is 638 g/mol. The topological polar surface area (TPSA) is 144 Å². The molecule has 4 aliphatic rings. The Morgan fingerprint density at radius 1 is 0.652 bits per heavy atom. The van der Waals surface area contributed by atoms with Gasteiger partial charge in [-0.1, -0.05) is 0 Å². The Hall–Kier alpha value is -4.30. The van der Waals surface area contributed by atoms with Crippen molar-refractivity contribution in [3.05, 3.63) is 48.0 Å². The largest absolute Gasteiger partial charge is 0.464 e. The van der Waals surface area contributed by atoms with Crippen molar-refractivity contribution in [2.24, 2.45) is 11.8 Å². The average Bonchev–Trinajstić information content (AvgIpc) is 3.87. The fraction of sp³-hybridized carbons (Fsp3) is 0.562. The van der Waals surface area contributed by atoms with E-state index in [0.717, 1.165) is 50.4 Å². The summed E-state index contributed by atoms with van der Waals surface area (Å²) in [5.74, 6) is -0.440. The van der Waals surface area contributed by atoms with Crippen LogP contribution in [-0.4, -0.2) is 137 Å². The smallest absolute Gasteiger partial charge is 0.356 e. The highest BCUT2D eigenvalue weighted by Crippen LogP contribution is 2.22. The highest BCUT2D eigenvalue weighted by atomic mass is 16.5. The van der Waals surface area contributed by atoms with Crippen LogP contribution in [0, 0.1) is 11.8 Å². The predicted octanol–water partition coefficient (Wildman–Crippen LogP) is 1.11. The quantitative estimate of drug-likeness (QED) is 0.418. The van der Waals surface area contributed by atoms with Crippen LogP contribution in [0.3, 0.4) is 0 Å². The number of piperazine rings is 2. The Morgan fingerprint density at radius 2 is 1.04 bits per heavy atom. The molecule has 14 nitrogen and oxygen atoms in total. The lowest BCUT2D eigenvalue weighted by atomic mass is 10.1. The molecule has 0 radical (unpaired) electrons. The van der Waals surface area contributed by atoms with E-state index in [1.165, 1.54) is 14.2 Å². The van der Waals surface area contributed by atoms with Crippen LogP contribution in [0.15, 0.2) is 36.7 Å². The summed E-state index contributed by atoms with van der Waals surface area (Å²) in [5, 5.41) is 0. The molecule has 4 saturated heterocycles. The number of ether oxygens (including phenoxy) is 4. The molecule has 2 atom stereocenters. The van der Waals surface area contributed by atoms with Crippen LogP contribution in [0.5, 0.6) is 0 Å². The first-order valence-corrected chi connectivity index (χ1v) is 15.7. The minimum Gasteiger partial charge on any atom is -0.464 e. The van der Waals surface area contributed by atoms with Crippen molar-refractivity contribution in [2.45, 2.75) is 12.8 Å². The maximum absolute atomic E-state index is 12.4. The summed E-state index contributed by atoms with van der Waals surface area (Å²) >= 11 is 0. The SMILES string of the molecule is COC(=O)c1cc(N2CCN(C(=O)C3CCOC3)CC2)ccn1.COC(=O)c1cc(N2CCN(C(=O)C3CCOC3)CC2)ccn1. The van der Waals surface area contributed by atoms with E-state index >= 15 is 0 Å². The normalized spacial score (nSPS) is 21.3. The van der Waals surface area contributed by atoms with Gasteiger partial charge in [-0.3, -0.25) is 9.59 Å². The van der Waals surface area contributed by atoms with Gasteiger partial charge >= 0.3 is 11.9 Å². The number of hydrogen-bond acceptors (Lipinski definition) is 12. The van der Waals surface area contributed by atoms with Crippen molar-refractivity contribution in [2.75, 3.05) is 103 Å². The third-order valence-corrected chi connectivity index (χ3v) is 8.75. The maximum atomic E-state index is 12.4. The molecular formula is C32H42N6O8. The van der Waals surface area contributed by atoms with Gasteiger partial charge in [0.25, 0.3) is 0 Å². The van der Waals surface area contributed by atoms with Crippen molar-refractivity contribution < 1.29 is 38.1 Å². The van der Waals surface area contributed by atoms with Gasteiger partial charge < -0.3 is 38.5 Å². The molecule has 2 aromatic rings. The molecule has 6 heterocycles. The summed E-state index contributed by atoms with van der Waals surface area (Å²) < 4.78 is 20.0. The van der Waals surface area contributed by atoms with Crippen LogP contribution < -0.4 is 9.80 Å². The van der Waals surface area contributed by atoms with Crippen LogP contribution >= 0.6 is 0 Å². The van der Waals surface area contributed by atoms with Crippen LogP contribution in [-0.2, 0) is 28.5 Å². The molecule has 0 bridgehead atoms. The number of hydrogen-bond donors (Lipinski definition) is 0. The number of esters is 2. The van der Waals surface area contributed by atoms with E-state index in [9.17, 15) is 19.2 Å². The molecule has 2 unspecified atom stereocenters. The number of nitrogens with zero attached hydrogens (tertiary/aromatic N) is 6. The molecule has 0 N–H and O–H groups in total. The second kappa shape index (κ2) is 15.8. The van der Waals surface area contributed by atoms with E-state index in [4.69, 9.17) is 18.9 Å². The predicted molar refractivity (Wildman–Crippen MR) is 167 cm³/mol. The van der Waals surface area contributed by atoms with Crippen molar-refractivity contribution in [1.29, 1.82) is 0 Å². The Bertz CT molecular complexity index is 1260. The van der Waals surface area contributed by atoms with Gasteiger partial charge in [0.2, 0.25) is 11.8 Å². The molecular weight excluding hydrogens is 596 g/mol. The van der Waals surface area contributed by atoms with Gasteiger partial charge in [-0.25, -0.2) is 19.6 Å². The zero-order valence-electron chi connectivity index (χ0n) is 26.5. The Kier molecular flexibility index (Phi) is 11.4. The molecule has 2 amide bonds. The highest BCUT2D eigenvalue weighted by Gasteiger charge is 2.31. The second-order valence-corrected chi connectivity index (χ2v) is 11.5. The summed E-state index contributed by atoms with van der Waals surface area (Å²) in [5.41, 5.74) is 2.45. The number of aromatic nitrogens is 2. The Morgan fingerprint density at radius 3 is 1.37 bits per heavy atom. The molecule has 4 aliphatic heterocycles. The molecule has 2 aromatic heterocycles. The zero-order valence-corrected chi connectivity index (χ0v) is 26.5. The van der Waals surface area contributed by atoms with Gasteiger partial charge in [0.1, 0.15) is 11.4 Å². The van der Waals surface area contributed by atoms with E-state index in [2.05, 4.69) is 19.8 Å². The lowest BCUT2D eigenvalue weighted by Gasteiger charge is -2.37. The maximum Gasteiger partial charge on any atom is 0.356 e. The minimum absolute atomic E-state index is 0.0217. The van der Waals surface area contributed by atoms with E-state index in [1.807, 2.05) is 21.9 Å². The molecule has 0 saturated carbocycles. The van der Waals surface area contributed by atoms with Gasteiger partial charge in [0.05, 0.1) is 39.3 Å². The molecule has 0 aliphatic carbocycles. The van der Waals surface area contributed by atoms with Gasteiger partial charge in [0, 0.05) is 89.3 Å². The van der Waals surface area contributed by atoms with E-state index in [-0.39, 0.29) is 23.7 Å². The third-order valence-electron chi connectivity index (χ3n) is 8.75. The summed E-state index contributed by atoms with van der Waals surface area (Å²) in [4.78, 5) is 64.1. The van der Waals surface area contributed by atoms with Crippen molar-refractivity contribution in [1.82, 2.24) is 19.8 Å². The van der Waals surface area contributed by atoms with Crippen molar-refractivity contribution >= 4 is 35.1 Å². The van der Waals surface area contributed by atoms with Gasteiger partial charge in [-0.05, 0) is 37.1 Å². The van der Waals surface area contributed by atoms with Gasteiger partial charge in [-0.15, -0.1) is 0 Å². The Balaban J connectivity index is 0.000000181. The van der Waals surface area contributed by atoms with Crippen LogP contribution in [0.25, 0.3) is 0 Å². The molecule has 4 fully saturated rings. The van der Waals surface area contributed by atoms with Gasteiger partial charge in [0.15, 0.2) is 0 Å².